The van der Waals surface area contributed by atoms with Gasteiger partial charge in [-0.1, -0.05) is 13.8 Å². The second kappa shape index (κ2) is 4.99. The summed E-state index contributed by atoms with van der Waals surface area (Å²) in [6.07, 6.45) is 0.196. The second-order valence-corrected chi connectivity index (χ2v) is 6.41. The van der Waals surface area contributed by atoms with Crippen LogP contribution < -0.4 is 5.32 Å². The van der Waals surface area contributed by atoms with Crippen molar-refractivity contribution in [2.75, 3.05) is 12.3 Å². The fourth-order valence-electron chi connectivity index (χ4n) is 0.775. The molecule has 0 radical (unpaired) electrons. The Morgan fingerprint density at radius 2 is 2.00 bits per heavy atom. The number of hydrogen-bond acceptors (Lipinski definition) is 4. The first-order chi connectivity index (χ1) is 6.10. The third-order valence-electron chi connectivity index (χ3n) is 1.28. The summed E-state index contributed by atoms with van der Waals surface area (Å²) in [6.45, 7) is 3.47. The largest absolute Gasteiger partial charge is 0.355 e. The van der Waals surface area contributed by atoms with Crippen molar-refractivity contribution < 1.29 is 17.8 Å². The maximum absolute atomic E-state index is 11.1. The summed E-state index contributed by atoms with van der Waals surface area (Å²) in [4.78, 5) is 11.1. The molecule has 2 N–H and O–H groups in total. The van der Waals surface area contributed by atoms with E-state index in [1.54, 1.807) is 13.8 Å². The van der Waals surface area contributed by atoms with Crippen LogP contribution in [0.3, 0.4) is 0 Å². The highest BCUT2D eigenvalue weighted by molar-refractivity contribution is 7.85. The highest BCUT2D eigenvalue weighted by Gasteiger charge is 2.16. The molecule has 1 amide bonds. The Morgan fingerprint density at radius 3 is 2.36 bits per heavy atom. The SMILES string of the molecule is CC(C)(S)CC(=O)NCCS(=O)(=O)O. The Morgan fingerprint density at radius 1 is 1.50 bits per heavy atom. The van der Waals surface area contributed by atoms with Crippen molar-refractivity contribution in [2.45, 2.75) is 25.0 Å². The molecule has 0 aliphatic heterocycles. The molecule has 0 saturated heterocycles. The minimum absolute atomic E-state index is 0.0818. The summed E-state index contributed by atoms with van der Waals surface area (Å²) in [6, 6.07) is 0. The van der Waals surface area contributed by atoms with E-state index < -0.39 is 20.6 Å². The van der Waals surface area contributed by atoms with Crippen molar-refractivity contribution in [3.8, 4) is 0 Å². The van der Waals surface area contributed by atoms with Gasteiger partial charge in [0.1, 0.15) is 0 Å². The van der Waals surface area contributed by atoms with Crippen molar-refractivity contribution in [1.29, 1.82) is 0 Å². The number of carbonyl (C=O) groups is 1. The highest BCUT2D eigenvalue weighted by atomic mass is 32.2. The zero-order chi connectivity index (χ0) is 11.4. The summed E-state index contributed by atoms with van der Waals surface area (Å²) in [7, 11) is -4.00. The molecule has 0 aliphatic carbocycles. The van der Waals surface area contributed by atoms with Gasteiger partial charge in [-0.05, 0) is 0 Å². The molecule has 0 fully saturated rings. The molecule has 0 spiro atoms. The number of thiol groups is 1. The van der Waals surface area contributed by atoms with Gasteiger partial charge in [-0.2, -0.15) is 21.0 Å². The van der Waals surface area contributed by atoms with E-state index in [0.717, 1.165) is 0 Å². The van der Waals surface area contributed by atoms with Crippen LogP contribution in [-0.4, -0.2) is 35.9 Å². The van der Waals surface area contributed by atoms with Gasteiger partial charge in [0, 0.05) is 17.7 Å². The molecule has 0 unspecified atom stereocenters. The molecule has 84 valence electrons. The summed E-state index contributed by atoms with van der Waals surface area (Å²) < 4.78 is 28.5. The molecule has 0 aromatic rings. The Bertz CT molecular complexity index is 291. The van der Waals surface area contributed by atoms with E-state index in [1.807, 2.05) is 0 Å². The van der Waals surface area contributed by atoms with Crippen LogP contribution in [0.4, 0.5) is 0 Å². The molecule has 5 nitrogen and oxygen atoms in total. The minimum Gasteiger partial charge on any atom is -0.355 e. The molecule has 0 aliphatic rings. The van der Waals surface area contributed by atoms with Gasteiger partial charge in [-0.15, -0.1) is 0 Å². The van der Waals surface area contributed by atoms with Gasteiger partial charge >= 0.3 is 0 Å². The van der Waals surface area contributed by atoms with Crippen LogP contribution in [0.1, 0.15) is 20.3 Å². The van der Waals surface area contributed by atoms with E-state index in [9.17, 15) is 13.2 Å². The first-order valence-corrected chi connectivity index (χ1v) is 6.10. The first-order valence-electron chi connectivity index (χ1n) is 4.04. The summed E-state index contributed by atoms with van der Waals surface area (Å²) >= 11 is 4.14. The maximum Gasteiger partial charge on any atom is 0.266 e. The van der Waals surface area contributed by atoms with Crippen LogP contribution in [0.2, 0.25) is 0 Å². The maximum atomic E-state index is 11.1. The molecule has 14 heavy (non-hydrogen) atoms. The second-order valence-electron chi connectivity index (χ2n) is 3.63. The number of amides is 1. The average Bonchev–Trinajstić information content (AvgIpc) is 1.78. The van der Waals surface area contributed by atoms with E-state index in [-0.39, 0.29) is 18.9 Å². The normalized spacial score (nSPS) is 12.6. The van der Waals surface area contributed by atoms with Crippen LogP contribution in [0.5, 0.6) is 0 Å². The Kier molecular flexibility index (Phi) is 4.90. The van der Waals surface area contributed by atoms with Crippen molar-refractivity contribution in [3.63, 3.8) is 0 Å². The lowest BCUT2D eigenvalue weighted by Gasteiger charge is -2.15. The van der Waals surface area contributed by atoms with Crippen molar-refractivity contribution in [2.24, 2.45) is 0 Å². The van der Waals surface area contributed by atoms with Gasteiger partial charge in [0.2, 0.25) is 5.91 Å². The van der Waals surface area contributed by atoms with E-state index in [4.69, 9.17) is 4.55 Å². The van der Waals surface area contributed by atoms with Gasteiger partial charge in [-0.3, -0.25) is 9.35 Å². The topological polar surface area (TPSA) is 83.5 Å². The first kappa shape index (κ1) is 13.7. The molecule has 0 aromatic heterocycles. The van der Waals surface area contributed by atoms with Gasteiger partial charge in [-0.25, -0.2) is 0 Å². The molecule has 0 heterocycles. The van der Waals surface area contributed by atoms with Crippen molar-refractivity contribution in [1.82, 2.24) is 5.32 Å². The van der Waals surface area contributed by atoms with Crippen molar-refractivity contribution >= 4 is 28.7 Å². The molecule has 0 saturated carbocycles. The Balaban J connectivity index is 3.77. The third-order valence-corrected chi connectivity index (χ3v) is 2.15. The van der Waals surface area contributed by atoms with Crippen LogP contribution in [0.25, 0.3) is 0 Å². The lowest BCUT2D eigenvalue weighted by molar-refractivity contribution is -0.121. The molecule has 0 atom stereocenters. The standard InChI is InChI=1S/C7H15NO4S2/c1-7(2,13)5-6(9)8-3-4-14(10,11)12/h13H,3-5H2,1-2H3,(H,8,9)(H,10,11,12). The van der Waals surface area contributed by atoms with Crippen LogP contribution in [-0.2, 0) is 14.9 Å². The fraction of sp³-hybridized carbons (Fsp3) is 0.857. The smallest absolute Gasteiger partial charge is 0.266 e. The zero-order valence-corrected chi connectivity index (χ0v) is 9.86. The molecular formula is C7H15NO4S2. The summed E-state index contributed by atoms with van der Waals surface area (Å²) in [5.74, 6) is -0.750. The number of carbonyl (C=O) groups excluding carboxylic acids is 1. The summed E-state index contributed by atoms with van der Waals surface area (Å²) in [5, 5.41) is 2.37. The number of nitrogens with one attached hydrogen (secondary N) is 1. The molecule has 0 rings (SSSR count). The Labute approximate surface area is 89.4 Å². The van der Waals surface area contributed by atoms with Gasteiger partial charge in [0.25, 0.3) is 10.1 Å². The predicted octanol–water partition coefficient (Wildman–Crippen LogP) is 0.0889. The molecule has 0 bridgehead atoms. The zero-order valence-electron chi connectivity index (χ0n) is 8.15. The predicted molar refractivity (Wildman–Crippen MR) is 57.1 cm³/mol. The Hall–Kier alpha value is -0.270. The lowest BCUT2D eigenvalue weighted by Crippen LogP contribution is -2.32. The van der Waals surface area contributed by atoms with E-state index in [0.29, 0.717) is 0 Å². The number of hydrogen-bond donors (Lipinski definition) is 3. The quantitative estimate of drug-likeness (QED) is 0.470. The highest BCUT2D eigenvalue weighted by Crippen LogP contribution is 2.15. The van der Waals surface area contributed by atoms with E-state index in [2.05, 4.69) is 17.9 Å². The number of rotatable bonds is 5. The lowest BCUT2D eigenvalue weighted by atomic mass is 10.1. The van der Waals surface area contributed by atoms with E-state index in [1.165, 1.54) is 0 Å². The van der Waals surface area contributed by atoms with Crippen LogP contribution in [0.15, 0.2) is 0 Å². The van der Waals surface area contributed by atoms with Crippen LogP contribution in [0, 0.1) is 0 Å². The molecule has 7 heteroatoms. The van der Waals surface area contributed by atoms with E-state index >= 15 is 0 Å². The van der Waals surface area contributed by atoms with Crippen LogP contribution >= 0.6 is 12.6 Å². The van der Waals surface area contributed by atoms with Gasteiger partial charge < -0.3 is 5.32 Å². The average molecular weight is 241 g/mol. The third kappa shape index (κ3) is 9.82. The van der Waals surface area contributed by atoms with Gasteiger partial charge in [0.05, 0.1) is 5.75 Å². The molecular weight excluding hydrogens is 226 g/mol. The van der Waals surface area contributed by atoms with Gasteiger partial charge in [0.15, 0.2) is 0 Å². The molecule has 0 aromatic carbocycles. The fourth-order valence-corrected chi connectivity index (χ4v) is 1.28. The summed E-state index contributed by atoms with van der Waals surface area (Å²) in [5.41, 5.74) is 0. The monoisotopic (exact) mass is 241 g/mol. The van der Waals surface area contributed by atoms with Crippen molar-refractivity contribution in [3.05, 3.63) is 0 Å². The minimum atomic E-state index is -4.00.